The average Bonchev–Trinajstić information content (AvgIpc) is 2.68. The smallest absolute Gasteiger partial charge is 0.275 e. The van der Waals surface area contributed by atoms with Crippen molar-refractivity contribution in [1.29, 1.82) is 0 Å². The molecule has 0 aliphatic carbocycles. The van der Waals surface area contributed by atoms with Gasteiger partial charge in [0.2, 0.25) is 0 Å². The molecule has 3 N–H and O–H groups in total. The van der Waals surface area contributed by atoms with Gasteiger partial charge in [-0.05, 0) is 19.1 Å². The summed E-state index contributed by atoms with van der Waals surface area (Å²) in [6.07, 6.45) is 1.48. The zero-order valence-corrected chi connectivity index (χ0v) is 11.4. The van der Waals surface area contributed by atoms with Crippen LogP contribution in [0.5, 0.6) is 0 Å². The standard InChI is InChI=1S/C12H13N5OS/c1-7-5-10(17(2)16-7)15-12(18)9-4-3-8(6-14-9)11(13)19/h3-6H,1-2H3,(H2,13,19)(H,15,18). The summed E-state index contributed by atoms with van der Waals surface area (Å²) in [6, 6.07) is 5.02. The van der Waals surface area contributed by atoms with Gasteiger partial charge < -0.3 is 11.1 Å². The molecule has 0 bridgehead atoms. The zero-order chi connectivity index (χ0) is 14.0. The van der Waals surface area contributed by atoms with Crippen LogP contribution in [0.3, 0.4) is 0 Å². The number of nitrogens with one attached hydrogen (secondary N) is 1. The molecule has 0 saturated heterocycles. The third-order valence-electron chi connectivity index (χ3n) is 2.52. The minimum atomic E-state index is -0.308. The third kappa shape index (κ3) is 2.94. The SMILES string of the molecule is Cc1cc(NC(=O)c2ccc(C(N)=S)cn2)n(C)n1. The minimum Gasteiger partial charge on any atom is -0.389 e. The van der Waals surface area contributed by atoms with Gasteiger partial charge in [0.1, 0.15) is 16.5 Å². The van der Waals surface area contributed by atoms with Crippen molar-refractivity contribution in [2.24, 2.45) is 12.8 Å². The van der Waals surface area contributed by atoms with Crippen molar-refractivity contribution in [3.05, 3.63) is 41.3 Å². The van der Waals surface area contributed by atoms with Crippen molar-refractivity contribution in [1.82, 2.24) is 14.8 Å². The Kier molecular flexibility index (Phi) is 3.57. The van der Waals surface area contributed by atoms with E-state index in [4.69, 9.17) is 18.0 Å². The Hall–Kier alpha value is -2.28. The number of nitrogens with zero attached hydrogens (tertiary/aromatic N) is 3. The Balaban J connectivity index is 2.16. The molecule has 1 amide bonds. The van der Waals surface area contributed by atoms with Gasteiger partial charge in [0.25, 0.3) is 5.91 Å². The summed E-state index contributed by atoms with van der Waals surface area (Å²) in [5, 5.41) is 6.87. The summed E-state index contributed by atoms with van der Waals surface area (Å²) in [4.78, 5) is 16.3. The van der Waals surface area contributed by atoms with Crippen LogP contribution in [0.2, 0.25) is 0 Å². The second-order valence-electron chi connectivity index (χ2n) is 4.05. The zero-order valence-electron chi connectivity index (χ0n) is 10.5. The van der Waals surface area contributed by atoms with E-state index in [2.05, 4.69) is 15.4 Å². The van der Waals surface area contributed by atoms with Crippen molar-refractivity contribution in [3.63, 3.8) is 0 Å². The van der Waals surface area contributed by atoms with Crippen molar-refractivity contribution in [2.75, 3.05) is 5.32 Å². The maximum atomic E-state index is 12.0. The van der Waals surface area contributed by atoms with Crippen molar-refractivity contribution in [2.45, 2.75) is 6.92 Å². The second-order valence-corrected chi connectivity index (χ2v) is 4.48. The quantitative estimate of drug-likeness (QED) is 0.816. The van der Waals surface area contributed by atoms with Crippen LogP contribution in [0.15, 0.2) is 24.4 Å². The van der Waals surface area contributed by atoms with Crippen LogP contribution in [0.1, 0.15) is 21.7 Å². The van der Waals surface area contributed by atoms with Gasteiger partial charge in [-0.15, -0.1) is 0 Å². The van der Waals surface area contributed by atoms with E-state index in [1.54, 1.807) is 29.9 Å². The van der Waals surface area contributed by atoms with Crippen LogP contribution in [0.25, 0.3) is 0 Å². The molecule has 2 heterocycles. The summed E-state index contributed by atoms with van der Waals surface area (Å²) in [5.41, 5.74) is 7.21. The number of pyridine rings is 1. The predicted molar refractivity (Wildman–Crippen MR) is 76.0 cm³/mol. The van der Waals surface area contributed by atoms with Crippen LogP contribution >= 0.6 is 12.2 Å². The molecule has 2 rings (SSSR count). The molecule has 0 aliphatic rings. The Bertz CT molecular complexity index is 632. The minimum absolute atomic E-state index is 0.252. The Labute approximate surface area is 115 Å². The van der Waals surface area contributed by atoms with E-state index in [-0.39, 0.29) is 10.9 Å². The molecule has 2 aromatic rings. The van der Waals surface area contributed by atoms with E-state index in [9.17, 15) is 4.79 Å². The molecule has 98 valence electrons. The fourth-order valence-corrected chi connectivity index (χ4v) is 1.70. The van der Waals surface area contributed by atoms with Crippen molar-refractivity contribution >= 4 is 28.9 Å². The number of amides is 1. The van der Waals surface area contributed by atoms with Gasteiger partial charge in [0.15, 0.2) is 0 Å². The first-order chi connectivity index (χ1) is 8.97. The van der Waals surface area contributed by atoms with Crippen LogP contribution in [0.4, 0.5) is 5.82 Å². The number of carbonyl (C=O) groups is 1. The highest BCUT2D eigenvalue weighted by Crippen LogP contribution is 2.10. The molecule has 0 radical (unpaired) electrons. The lowest BCUT2D eigenvalue weighted by Gasteiger charge is -2.05. The van der Waals surface area contributed by atoms with Crippen molar-refractivity contribution < 1.29 is 4.79 Å². The molecule has 2 aromatic heterocycles. The van der Waals surface area contributed by atoms with E-state index in [0.717, 1.165) is 5.69 Å². The van der Waals surface area contributed by atoms with E-state index in [1.165, 1.54) is 6.20 Å². The summed E-state index contributed by atoms with van der Waals surface area (Å²) in [5.74, 6) is 0.306. The number of aromatic nitrogens is 3. The summed E-state index contributed by atoms with van der Waals surface area (Å²) in [7, 11) is 1.76. The molecule has 0 unspecified atom stereocenters. The Morgan fingerprint density at radius 1 is 1.47 bits per heavy atom. The largest absolute Gasteiger partial charge is 0.389 e. The third-order valence-corrected chi connectivity index (χ3v) is 2.76. The van der Waals surface area contributed by atoms with Crippen LogP contribution < -0.4 is 11.1 Å². The first-order valence-corrected chi connectivity index (χ1v) is 5.96. The normalized spacial score (nSPS) is 10.2. The maximum absolute atomic E-state index is 12.0. The van der Waals surface area contributed by atoms with Gasteiger partial charge in [0, 0.05) is 24.9 Å². The number of aryl methyl sites for hydroxylation is 2. The summed E-state index contributed by atoms with van der Waals surface area (Å²) in [6.45, 7) is 1.85. The van der Waals surface area contributed by atoms with Gasteiger partial charge in [0.05, 0.1) is 5.69 Å². The molecule has 0 fully saturated rings. The molecule has 19 heavy (non-hydrogen) atoms. The molecule has 0 aliphatic heterocycles. The van der Waals surface area contributed by atoms with Gasteiger partial charge in [-0.1, -0.05) is 12.2 Å². The lowest BCUT2D eigenvalue weighted by Crippen LogP contribution is -2.17. The summed E-state index contributed by atoms with van der Waals surface area (Å²) < 4.78 is 1.59. The number of thiocarbonyl (C=S) groups is 1. The molecular weight excluding hydrogens is 262 g/mol. The maximum Gasteiger partial charge on any atom is 0.275 e. The van der Waals surface area contributed by atoms with Crippen LogP contribution in [-0.2, 0) is 7.05 Å². The number of rotatable bonds is 3. The van der Waals surface area contributed by atoms with E-state index in [0.29, 0.717) is 17.1 Å². The van der Waals surface area contributed by atoms with Gasteiger partial charge in [-0.2, -0.15) is 5.10 Å². The van der Waals surface area contributed by atoms with Gasteiger partial charge in [-0.25, -0.2) is 0 Å². The molecule has 6 nitrogen and oxygen atoms in total. The first-order valence-electron chi connectivity index (χ1n) is 5.55. The topological polar surface area (TPSA) is 85.8 Å². The van der Waals surface area contributed by atoms with E-state index >= 15 is 0 Å². The number of carbonyl (C=O) groups excluding carboxylic acids is 1. The Morgan fingerprint density at radius 2 is 2.21 bits per heavy atom. The lowest BCUT2D eigenvalue weighted by molar-refractivity contribution is 0.102. The van der Waals surface area contributed by atoms with E-state index < -0.39 is 0 Å². The highest BCUT2D eigenvalue weighted by Gasteiger charge is 2.10. The highest BCUT2D eigenvalue weighted by atomic mass is 32.1. The molecule has 7 heteroatoms. The highest BCUT2D eigenvalue weighted by molar-refractivity contribution is 7.80. The van der Waals surface area contributed by atoms with Crippen LogP contribution in [0, 0.1) is 6.92 Å². The molecule has 0 spiro atoms. The number of hydrogen-bond donors (Lipinski definition) is 2. The predicted octanol–water partition coefficient (Wildman–Crippen LogP) is 1.01. The second kappa shape index (κ2) is 5.15. The Morgan fingerprint density at radius 3 is 2.68 bits per heavy atom. The van der Waals surface area contributed by atoms with Gasteiger partial charge in [-0.3, -0.25) is 14.5 Å². The monoisotopic (exact) mass is 275 g/mol. The first kappa shape index (κ1) is 13.2. The average molecular weight is 275 g/mol. The number of nitrogens with two attached hydrogens (primary N) is 1. The molecular formula is C12H13N5OS. The lowest BCUT2D eigenvalue weighted by atomic mass is 10.2. The summed E-state index contributed by atoms with van der Waals surface area (Å²) >= 11 is 4.82. The molecule has 0 atom stereocenters. The van der Waals surface area contributed by atoms with Gasteiger partial charge >= 0.3 is 0 Å². The molecule has 0 aromatic carbocycles. The molecule has 0 saturated carbocycles. The fraction of sp³-hybridized carbons (Fsp3) is 0.167. The fourth-order valence-electron chi connectivity index (χ4n) is 1.58. The van der Waals surface area contributed by atoms with Crippen molar-refractivity contribution in [3.8, 4) is 0 Å². The van der Waals surface area contributed by atoms with E-state index in [1.807, 2.05) is 6.92 Å². The number of hydrogen-bond acceptors (Lipinski definition) is 4. The number of anilines is 1. The van der Waals surface area contributed by atoms with Crippen LogP contribution in [-0.4, -0.2) is 25.7 Å².